The van der Waals surface area contributed by atoms with Crippen LogP contribution in [0.15, 0.2) is 121 Å². The molecule has 1 aliphatic rings. The summed E-state index contributed by atoms with van der Waals surface area (Å²) in [6.07, 6.45) is 0.128. The first-order valence-corrected chi connectivity index (χ1v) is 15.7. The highest BCUT2D eigenvalue weighted by Crippen LogP contribution is 2.35. The van der Waals surface area contributed by atoms with E-state index >= 15 is 0 Å². The number of amides is 2. The van der Waals surface area contributed by atoms with Crippen LogP contribution in [-0.4, -0.2) is 43.0 Å². The second-order valence-corrected chi connectivity index (χ2v) is 11.4. The van der Waals surface area contributed by atoms with E-state index in [1.165, 1.54) is 5.69 Å². The van der Waals surface area contributed by atoms with E-state index in [-0.39, 0.29) is 24.7 Å². The number of nitrogens with two attached hydrogens (primary N) is 1. The zero-order valence-electron chi connectivity index (χ0n) is 25.8. The van der Waals surface area contributed by atoms with Gasteiger partial charge in [-0.2, -0.15) is 0 Å². The van der Waals surface area contributed by atoms with Gasteiger partial charge in [-0.25, -0.2) is 5.01 Å². The first-order valence-electron chi connectivity index (χ1n) is 15.7. The fourth-order valence-electron chi connectivity index (χ4n) is 5.84. The Kier molecular flexibility index (Phi) is 9.87. The van der Waals surface area contributed by atoms with Gasteiger partial charge in [0.25, 0.3) is 0 Å². The molecular formula is C38H39N5O3. The summed E-state index contributed by atoms with van der Waals surface area (Å²) in [7, 11) is 0. The van der Waals surface area contributed by atoms with Crippen LogP contribution < -0.4 is 25.7 Å². The second kappa shape index (κ2) is 14.7. The van der Waals surface area contributed by atoms with Gasteiger partial charge in [0.1, 0.15) is 5.75 Å². The van der Waals surface area contributed by atoms with Crippen molar-refractivity contribution in [3.05, 3.63) is 132 Å². The molecule has 0 atom stereocenters. The van der Waals surface area contributed by atoms with E-state index in [2.05, 4.69) is 40.7 Å². The summed E-state index contributed by atoms with van der Waals surface area (Å²) in [5, 5.41) is 4.12. The van der Waals surface area contributed by atoms with Gasteiger partial charge in [-0.3, -0.25) is 15.0 Å². The second-order valence-electron chi connectivity index (χ2n) is 11.4. The number of ether oxygens (including phenoxy) is 1. The molecule has 5 aromatic rings. The minimum Gasteiger partial charge on any atom is -0.455 e. The molecule has 8 nitrogen and oxygen atoms in total. The van der Waals surface area contributed by atoms with Gasteiger partial charge in [0, 0.05) is 51.3 Å². The van der Waals surface area contributed by atoms with Crippen molar-refractivity contribution in [3.8, 4) is 11.5 Å². The summed E-state index contributed by atoms with van der Waals surface area (Å²) in [6, 6.07) is 39.7. The van der Waals surface area contributed by atoms with E-state index in [1.807, 2.05) is 96.0 Å². The Morgan fingerprint density at radius 2 is 1.48 bits per heavy atom. The lowest BCUT2D eigenvalue weighted by atomic mass is 10.0. The van der Waals surface area contributed by atoms with Crippen molar-refractivity contribution in [3.63, 3.8) is 0 Å². The predicted molar refractivity (Wildman–Crippen MR) is 184 cm³/mol. The standard InChI is InChI=1S/C38H39N5O3/c39-27-29-10-8-16-33(26-29)46-36-19-7-6-18-35(36)43(28-31-13-9-12-30-11-4-5-17-34(30)31)38(45)21-20-37(44)40-42-24-22-41(23-25-42)32-14-2-1-3-15-32/h1-19,26H,20-25,27-28,39H2,(H,40,44). The maximum Gasteiger partial charge on any atom is 0.234 e. The smallest absolute Gasteiger partial charge is 0.234 e. The lowest BCUT2D eigenvalue weighted by Crippen LogP contribution is -2.53. The number of benzene rings is 5. The van der Waals surface area contributed by atoms with Gasteiger partial charge in [0.2, 0.25) is 11.8 Å². The number of para-hydroxylation sites is 3. The Labute approximate surface area is 270 Å². The maximum atomic E-state index is 14.0. The van der Waals surface area contributed by atoms with Crippen LogP contribution in [0.2, 0.25) is 0 Å². The van der Waals surface area contributed by atoms with Gasteiger partial charge in [-0.15, -0.1) is 0 Å². The van der Waals surface area contributed by atoms with Crippen molar-refractivity contribution in [2.75, 3.05) is 36.0 Å². The van der Waals surface area contributed by atoms with Crippen molar-refractivity contribution < 1.29 is 14.3 Å². The number of nitrogens with zero attached hydrogens (tertiary/aromatic N) is 3. The lowest BCUT2D eigenvalue weighted by molar-refractivity contribution is -0.128. The molecule has 5 aromatic carbocycles. The van der Waals surface area contributed by atoms with E-state index < -0.39 is 0 Å². The van der Waals surface area contributed by atoms with E-state index in [1.54, 1.807) is 4.90 Å². The number of hydrazine groups is 1. The fourth-order valence-corrected chi connectivity index (χ4v) is 5.84. The molecule has 8 heteroatoms. The molecule has 46 heavy (non-hydrogen) atoms. The van der Waals surface area contributed by atoms with Crippen LogP contribution in [0.3, 0.4) is 0 Å². The number of hydrogen-bond donors (Lipinski definition) is 2. The van der Waals surface area contributed by atoms with Crippen molar-refractivity contribution in [1.82, 2.24) is 10.4 Å². The number of piperazine rings is 1. The van der Waals surface area contributed by atoms with Gasteiger partial charge < -0.3 is 20.3 Å². The molecule has 0 unspecified atom stereocenters. The molecule has 1 aliphatic heterocycles. The molecule has 234 valence electrons. The number of hydrogen-bond acceptors (Lipinski definition) is 6. The molecule has 3 N–H and O–H groups in total. The number of rotatable bonds is 11. The maximum absolute atomic E-state index is 14.0. The van der Waals surface area contributed by atoms with Crippen LogP contribution in [-0.2, 0) is 22.7 Å². The zero-order chi connectivity index (χ0) is 31.7. The molecule has 0 aliphatic carbocycles. The topological polar surface area (TPSA) is 91.1 Å². The SMILES string of the molecule is NCc1cccc(Oc2ccccc2N(Cc2cccc3ccccc23)C(=O)CCC(=O)NN2CCN(c3ccccc3)CC2)c1. The van der Waals surface area contributed by atoms with Crippen LogP contribution in [0.1, 0.15) is 24.0 Å². The number of carbonyl (C=O) groups is 2. The van der Waals surface area contributed by atoms with Crippen LogP contribution in [0.5, 0.6) is 11.5 Å². The summed E-state index contributed by atoms with van der Waals surface area (Å²) in [6.45, 7) is 3.76. The fraction of sp³-hybridized carbons (Fsp3) is 0.211. The van der Waals surface area contributed by atoms with Gasteiger partial charge in [-0.05, 0) is 58.3 Å². The molecule has 2 amide bonds. The molecule has 1 fully saturated rings. The number of anilines is 2. The summed E-state index contributed by atoms with van der Waals surface area (Å²) >= 11 is 0. The Morgan fingerprint density at radius 1 is 0.761 bits per heavy atom. The molecule has 6 rings (SSSR count). The van der Waals surface area contributed by atoms with E-state index in [0.717, 1.165) is 35.0 Å². The third-order valence-electron chi connectivity index (χ3n) is 8.28. The minimum atomic E-state index is -0.172. The quantitative estimate of drug-likeness (QED) is 0.183. The van der Waals surface area contributed by atoms with E-state index in [9.17, 15) is 9.59 Å². The number of carbonyl (C=O) groups excluding carboxylic acids is 2. The first kappa shape index (κ1) is 30.8. The highest BCUT2D eigenvalue weighted by Gasteiger charge is 2.23. The van der Waals surface area contributed by atoms with Crippen molar-refractivity contribution in [1.29, 1.82) is 0 Å². The van der Waals surface area contributed by atoms with Crippen LogP contribution in [0.25, 0.3) is 10.8 Å². The molecule has 0 bridgehead atoms. The first-order chi connectivity index (χ1) is 22.6. The van der Waals surface area contributed by atoms with Crippen molar-refractivity contribution >= 4 is 34.0 Å². The Morgan fingerprint density at radius 3 is 2.30 bits per heavy atom. The monoisotopic (exact) mass is 613 g/mol. The number of nitrogens with one attached hydrogen (secondary N) is 1. The van der Waals surface area contributed by atoms with Crippen LogP contribution >= 0.6 is 0 Å². The minimum absolute atomic E-state index is 0.0531. The summed E-state index contributed by atoms with van der Waals surface area (Å²) < 4.78 is 6.34. The third-order valence-corrected chi connectivity index (χ3v) is 8.28. The zero-order valence-corrected chi connectivity index (χ0v) is 25.8. The van der Waals surface area contributed by atoms with Crippen LogP contribution in [0.4, 0.5) is 11.4 Å². The molecule has 0 aromatic heterocycles. The van der Waals surface area contributed by atoms with Crippen molar-refractivity contribution in [2.24, 2.45) is 5.73 Å². The van der Waals surface area contributed by atoms with Gasteiger partial charge in [0.05, 0.1) is 12.2 Å². The Hall–Kier alpha value is -5.18. The average Bonchev–Trinajstić information content (AvgIpc) is 3.11. The molecule has 0 radical (unpaired) electrons. The predicted octanol–water partition coefficient (Wildman–Crippen LogP) is 6.26. The molecule has 1 saturated heterocycles. The molecule has 0 spiro atoms. The summed E-state index contributed by atoms with van der Waals surface area (Å²) in [5.74, 6) is 0.851. The van der Waals surface area contributed by atoms with Gasteiger partial charge in [0.15, 0.2) is 5.75 Å². The average molecular weight is 614 g/mol. The third kappa shape index (κ3) is 7.54. The molecular weight excluding hydrogens is 574 g/mol. The molecule has 0 saturated carbocycles. The van der Waals surface area contributed by atoms with Gasteiger partial charge in [-0.1, -0.05) is 84.9 Å². The number of fused-ring (bicyclic) bond motifs is 1. The van der Waals surface area contributed by atoms with Crippen molar-refractivity contribution in [2.45, 2.75) is 25.9 Å². The van der Waals surface area contributed by atoms with E-state index in [4.69, 9.17) is 10.5 Å². The van der Waals surface area contributed by atoms with Gasteiger partial charge >= 0.3 is 0 Å². The lowest BCUT2D eigenvalue weighted by Gasteiger charge is -2.36. The normalized spacial score (nSPS) is 13.4. The highest BCUT2D eigenvalue weighted by atomic mass is 16.5. The highest BCUT2D eigenvalue weighted by molar-refractivity contribution is 5.97. The molecule has 1 heterocycles. The Bertz CT molecular complexity index is 1780. The summed E-state index contributed by atoms with van der Waals surface area (Å²) in [5.41, 5.74) is 12.7. The summed E-state index contributed by atoms with van der Waals surface area (Å²) in [4.78, 5) is 31.1. The van der Waals surface area contributed by atoms with E-state index in [0.29, 0.717) is 43.4 Å². The Balaban J connectivity index is 1.18. The largest absolute Gasteiger partial charge is 0.455 e. The van der Waals surface area contributed by atoms with Crippen LogP contribution in [0, 0.1) is 0 Å².